The van der Waals surface area contributed by atoms with Crippen LogP contribution in [0, 0.1) is 25.7 Å². The fraction of sp³-hybridized carbons (Fsp3) is 0.441. The first kappa shape index (κ1) is 28.4. The van der Waals surface area contributed by atoms with Crippen LogP contribution in [0.3, 0.4) is 0 Å². The van der Waals surface area contributed by atoms with Gasteiger partial charge in [0.15, 0.2) is 0 Å². The van der Waals surface area contributed by atoms with Gasteiger partial charge in [-0.2, -0.15) is 0 Å². The Bertz CT molecular complexity index is 1420. The van der Waals surface area contributed by atoms with Gasteiger partial charge < -0.3 is 24.5 Å². The van der Waals surface area contributed by atoms with E-state index in [2.05, 4.69) is 0 Å². The topological polar surface area (TPSA) is 90.4 Å². The molecule has 4 aliphatic rings. The van der Waals surface area contributed by atoms with Gasteiger partial charge in [-0.25, -0.2) is 0 Å². The van der Waals surface area contributed by atoms with E-state index in [0.29, 0.717) is 32.5 Å². The predicted octanol–water partition coefficient (Wildman–Crippen LogP) is 3.94. The maximum Gasteiger partial charge on any atom is 0.253 e. The third-order valence-corrected chi connectivity index (χ3v) is 9.19. The first-order chi connectivity index (χ1) is 20.4. The van der Waals surface area contributed by atoms with Crippen LogP contribution in [0.15, 0.2) is 72.8 Å². The van der Waals surface area contributed by atoms with Gasteiger partial charge in [0.25, 0.3) is 5.91 Å². The molecule has 8 heteroatoms. The zero-order valence-electron chi connectivity index (χ0n) is 24.3. The molecule has 2 fully saturated rings. The molecule has 42 heavy (non-hydrogen) atoms. The molecule has 0 radical (unpaired) electrons. The Hall–Kier alpha value is -3.75. The summed E-state index contributed by atoms with van der Waals surface area (Å²) in [5, 5.41) is 9.21. The van der Waals surface area contributed by atoms with Crippen molar-refractivity contribution in [2.24, 2.45) is 11.8 Å². The molecule has 1 unspecified atom stereocenters. The second-order valence-corrected chi connectivity index (χ2v) is 11.9. The first-order valence-electron chi connectivity index (χ1n) is 15.1. The number of amides is 3. The number of carbonyl (C=O) groups is 3. The molecule has 2 saturated heterocycles. The van der Waals surface area contributed by atoms with Gasteiger partial charge in [-0.05, 0) is 56.0 Å². The lowest BCUT2D eigenvalue weighted by Gasteiger charge is -2.35. The lowest BCUT2D eigenvalue weighted by molar-refractivity contribution is -0.140. The average Bonchev–Trinajstić information content (AvgIpc) is 3.29. The second-order valence-electron chi connectivity index (χ2n) is 11.9. The molecule has 0 aromatic heterocycles. The van der Waals surface area contributed by atoms with Crippen LogP contribution >= 0.6 is 0 Å². The highest BCUT2D eigenvalue weighted by atomic mass is 16.5. The molecule has 0 saturated carbocycles. The Morgan fingerprint density at radius 2 is 1.64 bits per heavy atom. The number of hydrogen-bond donors (Lipinski definition) is 1. The van der Waals surface area contributed by atoms with Gasteiger partial charge in [0.2, 0.25) is 11.8 Å². The van der Waals surface area contributed by atoms with Crippen molar-refractivity contribution in [3.63, 3.8) is 0 Å². The van der Waals surface area contributed by atoms with Gasteiger partial charge in [-0.1, -0.05) is 67.5 Å². The lowest BCUT2D eigenvalue weighted by Crippen LogP contribution is -2.55. The van der Waals surface area contributed by atoms with E-state index in [0.717, 1.165) is 35.3 Å². The molecule has 4 heterocycles. The fourth-order valence-corrected chi connectivity index (χ4v) is 7.19. The zero-order chi connectivity index (χ0) is 29.4. The lowest BCUT2D eigenvalue weighted by atomic mass is 9.77. The van der Waals surface area contributed by atoms with E-state index in [-0.39, 0.29) is 24.3 Å². The quantitative estimate of drug-likeness (QED) is 0.384. The zero-order valence-corrected chi connectivity index (χ0v) is 24.3. The molecule has 220 valence electrons. The van der Waals surface area contributed by atoms with E-state index in [1.54, 1.807) is 14.7 Å². The van der Waals surface area contributed by atoms with Crippen molar-refractivity contribution < 1.29 is 24.2 Å². The van der Waals surface area contributed by atoms with Crippen molar-refractivity contribution in [1.29, 1.82) is 0 Å². The normalized spacial score (nSPS) is 28.5. The number of ether oxygens (including phenoxy) is 1. The maximum atomic E-state index is 14.6. The van der Waals surface area contributed by atoms with Crippen molar-refractivity contribution in [2.45, 2.75) is 57.3 Å². The minimum Gasteiger partial charge on any atom is -0.396 e. The Labute approximate surface area is 247 Å². The number of aliphatic hydroxyl groups excluding tert-OH is 1. The summed E-state index contributed by atoms with van der Waals surface area (Å²) in [7, 11) is 0. The summed E-state index contributed by atoms with van der Waals surface area (Å²) < 4.78 is 6.79. The Kier molecular flexibility index (Phi) is 7.77. The van der Waals surface area contributed by atoms with E-state index in [4.69, 9.17) is 4.74 Å². The van der Waals surface area contributed by atoms with Gasteiger partial charge in [0.1, 0.15) is 11.6 Å². The highest BCUT2D eigenvalue weighted by molar-refractivity contribution is 6.07. The monoisotopic (exact) mass is 569 g/mol. The van der Waals surface area contributed by atoms with Gasteiger partial charge in [-0.3, -0.25) is 14.4 Å². The number of aliphatic hydroxyl groups is 1. The fourth-order valence-electron chi connectivity index (χ4n) is 7.19. The number of benzene rings is 2. The van der Waals surface area contributed by atoms with E-state index in [1.165, 1.54) is 0 Å². The van der Waals surface area contributed by atoms with Crippen molar-refractivity contribution in [3.05, 3.63) is 84.0 Å². The molecule has 1 spiro atoms. The van der Waals surface area contributed by atoms with Crippen LogP contribution in [-0.4, -0.2) is 71.7 Å². The van der Waals surface area contributed by atoms with Gasteiger partial charge in [0.05, 0.1) is 17.9 Å². The average molecular weight is 570 g/mol. The number of likely N-dealkylation sites (tertiary alicyclic amines) is 1. The molecule has 6 rings (SSSR count). The molecule has 8 nitrogen and oxygen atoms in total. The number of fused-ring (bicyclic) bond motifs is 2. The number of carbonyl (C=O) groups excluding carboxylic acids is 3. The van der Waals surface area contributed by atoms with Crippen LogP contribution in [0.4, 0.5) is 11.4 Å². The Balaban J connectivity index is 1.40. The van der Waals surface area contributed by atoms with E-state index < -0.39 is 29.6 Å². The minimum absolute atomic E-state index is 0.134. The van der Waals surface area contributed by atoms with Crippen LogP contribution in [0.1, 0.15) is 36.8 Å². The number of para-hydroxylation sites is 1. The Morgan fingerprint density at radius 3 is 2.43 bits per heavy atom. The van der Waals surface area contributed by atoms with Crippen molar-refractivity contribution in [2.75, 3.05) is 36.0 Å². The molecular formula is C34H39N3O5. The van der Waals surface area contributed by atoms with Crippen molar-refractivity contribution in [1.82, 2.24) is 4.90 Å². The molecule has 5 atom stereocenters. The van der Waals surface area contributed by atoms with Crippen LogP contribution in [0.2, 0.25) is 0 Å². The van der Waals surface area contributed by atoms with Gasteiger partial charge in [0, 0.05) is 37.6 Å². The summed E-state index contributed by atoms with van der Waals surface area (Å²) in [6, 6.07) is 14.6. The summed E-state index contributed by atoms with van der Waals surface area (Å²) in [5.74, 6) is -2.11. The van der Waals surface area contributed by atoms with Crippen LogP contribution in [0.5, 0.6) is 0 Å². The molecular weight excluding hydrogens is 530 g/mol. The highest BCUT2D eigenvalue weighted by Gasteiger charge is 2.71. The molecule has 2 aromatic carbocycles. The SMILES string of the molecule is Cc1ccc(C)c(N2CC=C[C@]34O[C@H]5C=CCN(c6ccccc6)C(=O)[C@H]5[C@H]3C(=O)N(CCCCCCO)C4C2=O)c1. The predicted molar refractivity (Wildman–Crippen MR) is 161 cm³/mol. The third-order valence-electron chi connectivity index (χ3n) is 9.19. The minimum atomic E-state index is -1.25. The van der Waals surface area contributed by atoms with Gasteiger partial charge in [-0.15, -0.1) is 0 Å². The van der Waals surface area contributed by atoms with Crippen molar-refractivity contribution in [3.8, 4) is 0 Å². The van der Waals surface area contributed by atoms with Crippen LogP contribution in [0.25, 0.3) is 0 Å². The Morgan fingerprint density at radius 1 is 0.881 bits per heavy atom. The first-order valence-corrected chi connectivity index (χ1v) is 15.1. The third kappa shape index (κ3) is 4.67. The molecule has 0 aliphatic carbocycles. The number of rotatable bonds is 8. The summed E-state index contributed by atoms with van der Waals surface area (Å²) in [6.45, 7) is 5.25. The van der Waals surface area contributed by atoms with E-state index in [1.807, 2.05) is 86.7 Å². The van der Waals surface area contributed by atoms with Crippen molar-refractivity contribution >= 4 is 29.1 Å². The maximum absolute atomic E-state index is 14.6. The summed E-state index contributed by atoms with van der Waals surface area (Å²) in [4.78, 5) is 48.5. The second kappa shape index (κ2) is 11.5. The molecule has 1 N–H and O–H groups in total. The van der Waals surface area contributed by atoms with Crippen LogP contribution in [-0.2, 0) is 19.1 Å². The number of nitrogens with zero attached hydrogens (tertiary/aromatic N) is 3. The molecule has 4 aliphatic heterocycles. The number of aryl methyl sites for hydroxylation is 2. The summed E-state index contributed by atoms with van der Waals surface area (Å²) in [5.41, 5.74) is 2.36. The van der Waals surface area contributed by atoms with Gasteiger partial charge >= 0.3 is 0 Å². The van der Waals surface area contributed by atoms with E-state index in [9.17, 15) is 19.5 Å². The summed E-state index contributed by atoms with van der Waals surface area (Å²) >= 11 is 0. The van der Waals surface area contributed by atoms with E-state index >= 15 is 0 Å². The molecule has 2 aromatic rings. The number of unbranched alkanes of at least 4 members (excludes halogenated alkanes) is 3. The van der Waals surface area contributed by atoms with Crippen LogP contribution < -0.4 is 9.80 Å². The summed E-state index contributed by atoms with van der Waals surface area (Å²) in [6.07, 6.45) is 10.1. The molecule has 0 bridgehead atoms. The molecule has 3 amide bonds. The standard InChI is InChI=1S/C34H39N3O5/c1-23-15-16-24(2)26(22-23)36-20-11-17-34-29(32(40)37(30(34)33(36)41)18-8-3-4-9-21-38)28-27(42-34)14-10-19-35(31(28)39)25-12-6-5-7-13-25/h5-7,10-17,22,27-30,38H,3-4,8-9,18-21H2,1-2H3/t27-,28+,29-,30?,34-/m0/s1. The number of anilines is 2. The highest BCUT2D eigenvalue weighted by Crippen LogP contribution is 2.54. The smallest absolute Gasteiger partial charge is 0.253 e. The number of hydrogen-bond acceptors (Lipinski definition) is 5. The largest absolute Gasteiger partial charge is 0.396 e.